The zero-order chi connectivity index (χ0) is 22.8. The first kappa shape index (κ1) is 21.3. The van der Waals surface area contributed by atoms with E-state index in [4.69, 9.17) is 25.5 Å². The van der Waals surface area contributed by atoms with Gasteiger partial charge in [0.25, 0.3) is 0 Å². The number of pyridine rings is 1. The van der Waals surface area contributed by atoms with E-state index in [2.05, 4.69) is 15.3 Å². The van der Waals surface area contributed by atoms with Gasteiger partial charge in [-0.15, -0.1) is 0 Å². The van der Waals surface area contributed by atoms with E-state index in [0.29, 0.717) is 35.3 Å². The van der Waals surface area contributed by atoms with Crippen LogP contribution >= 0.6 is 11.6 Å². The summed E-state index contributed by atoms with van der Waals surface area (Å²) in [6.45, 7) is 1.04. The summed E-state index contributed by atoms with van der Waals surface area (Å²) in [4.78, 5) is 8.41. The van der Waals surface area contributed by atoms with Gasteiger partial charge in [0, 0.05) is 25.0 Å². The van der Waals surface area contributed by atoms with Crippen LogP contribution in [0.2, 0.25) is 5.02 Å². The van der Waals surface area contributed by atoms with Crippen LogP contribution in [0.3, 0.4) is 0 Å². The average molecular weight is 484 g/mol. The third-order valence-electron chi connectivity index (χ3n) is 4.95. The Kier molecular flexibility index (Phi) is 5.65. The van der Waals surface area contributed by atoms with E-state index in [1.807, 2.05) is 6.07 Å². The van der Waals surface area contributed by atoms with Gasteiger partial charge in [0.2, 0.25) is 26.6 Å². The SMILES string of the molecule is O=S(=O)(c1ccc2c(c1)OCCO2)c1nc(-c2ccccc2Cl)oc1NCc1cccnc1. The highest BCUT2D eigenvalue weighted by Gasteiger charge is 2.30. The maximum absolute atomic E-state index is 13.6. The van der Waals surface area contributed by atoms with Crippen LogP contribution < -0.4 is 14.8 Å². The summed E-state index contributed by atoms with van der Waals surface area (Å²) in [6, 6.07) is 15.0. The molecule has 0 aliphatic carbocycles. The molecule has 0 saturated heterocycles. The van der Waals surface area contributed by atoms with Gasteiger partial charge in [-0.3, -0.25) is 4.98 Å². The molecule has 2 aromatic heterocycles. The highest BCUT2D eigenvalue weighted by atomic mass is 35.5. The molecule has 4 aromatic rings. The number of rotatable bonds is 6. The fourth-order valence-corrected chi connectivity index (χ4v) is 4.85. The summed E-state index contributed by atoms with van der Waals surface area (Å²) in [5.41, 5.74) is 1.32. The number of nitrogens with one attached hydrogen (secondary N) is 1. The minimum atomic E-state index is -4.07. The Bertz CT molecular complexity index is 1410. The van der Waals surface area contributed by atoms with Gasteiger partial charge in [-0.05, 0) is 35.9 Å². The second kappa shape index (κ2) is 8.76. The lowest BCUT2D eigenvalue weighted by atomic mass is 10.2. The molecule has 2 aromatic carbocycles. The average Bonchev–Trinajstić information content (AvgIpc) is 3.28. The van der Waals surface area contributed by atoms with E-state index in [9.17, 15) is 8.42 Å². The van der Waals surface area contributed by atoms with Crippen LogP contribution in [-0.2, 0) is 16.4 Å². The quantitative estimate of drug-likeness (QED) is 0.424. The lowest BCUT2D eigenvalue weighted by Crippen LogP contribution is -2.16. The van der Waals surface area contributed by atoms with Crippen LogP contribution in [0.25, 0.3) is 11.5 Å². The molecule has 0 atom stereocenters. The molecule has 8 nitrogen and oxygen atoms in total. The Morgan fingerprint density at radius 1 is 1.00 bits per heavy atom. The summed E-state index contributed by atoms with van der Waals surface area (Å²) >= 11 is 6.30. The summed E-state index contributed by atoms with van der Waals surface area (Å²) < 4.78 is 44.1. The first-order valence-electron chi connectivity index (χ1n) is 10.1. The zero-order valence-corrected chi connectivity index (χ0v) is 18.8. The molecule has 10 heteroatoms. The lowest BCUT2D eigenvalue weighted by molar-refractivity contribution is 0.171. The fraction of sp³-hybridized carbons (Fsp3) is 0.130. The molecule has 0 amide bonds. The van der Waals surface area contributed by atoms with Gasteiger partial charge in [0.1, 0.15) is 13.2 Å². The molecule has 0 spiro atoms. The van der Waals surface area contributed by atoms with Crippen molar-refractivity contribution in [2.45, 2.75) is 16.5 Å². The second-order valence-electron chi connectivity index (χ2n) is 7.16. The fourth-order valence-electron chi connectivity index (χ4n) is 3.34. The molecule has 0 radical (unpaired) electrons. The standard InChI is InChI=1S/C23H18ClN3O5S/c24-18-6-2-1-5-17(18)21-27-23(22(32-21)26-14-15-4-3-9-25-13-15)33(28,29)16-7-8-19-20(12-16)31-11-10-30-19/h1-9,12-13,26H,10-11,14H2. The maximum Gasteiger partial charge on any atom is 0.234 e. The van der Waals surface area contributed by atoms with Gasteiger partial charge in [-0.1, -0.05) is 29.8 Å². The molecule has 1 aliphatic rings. The molecular formula is C23H18ClN3O5S. The first-order chi connectivity index (χ1) is 16.0. The van der Waals surface area contributed by atoms with E-state index in [1.54, 1.807) is 48.8 Å². The van der Waals surface area contributed by atoms with Crippen LogP contribution in [0.4, 0.5) is 5.88 Å². The number of halogens is 1. The third kappa shape index (κ3) is 4.24. The first-order valence-corrected chi connectivity index (χ1v) is 11.9. The predicted octanol–water partition coefficient (Wildman–Crippen LogP) is 4.61. The number of benzene rings is 2. The normalized spacial score (nSPS) is 13.0. The Labute approximate surface area is 195 Å². The minimum absolute atomic E-state index is 0.00339. The molecule has 0 bridgehead atoms. The van der Waals surface area contributed by atoms with Crippen LogP contribution in [0, 0.1) is 0 Å². The Balaban J connectivity index is 1.57. The number of hydrogen-bond donors (Lipinski definition) is 1. The highest BCUT2D eigenvalue weighted by molar-refractivity contribution is 7.91. The Morgan fingerprint density at radius 3 is 2.61 bits per heavy atom. The van der Waals surface area contributed by atoms with Gasteiger partial charge in [0.15, 0.2) is 11.5 Å². The predicted molar refractivity (Wildman–Crippen MR) is 121 cm³/mol. The topological polar surface area (TPSA) is 104 Å². The van der Waals surface area contributed by atoms with Crippen LogP contribution in [0.15, 0.2) is 81.3 Å². The maximum atomic E-state index is 13.6. The summed E-state index contributed by atoms with van der Waals surface area (Å²) in [6.07, 6.45) is 3.33. The molecule has 0 unspecified atom stereocenters. The number of oxazole rings is 1. The van der Waals surface area contributed by atoms with Gasteiger partial charge < -0.3 is 19.2 Å². The van der Waals surface area contributed by atoms with E-state index in [1.165, 1.54) is 12.1 Å². The number of anilines is 1. The van der Waals surface area contributed by atoms with Gasteiger partial charge in [-0.25, -0.2) is 8.42 Å². The molecule has 33 heavy (non-hydrogen) atoms. The van der Waals surface area contributed by atoms with E-state index in [-0.39, 0.29) is 28.2 Å². The van der Waals surface area contributed by atoms with Crippen molar-refractivity contribution in [1.29, 1.82) is 0 Å². The van der Waals surface area contributed by atoms with Crippen molar-refractivity contribution >= 4 is 27.3 Å². The number of ether oxygens (including phenoxy) is 2. The smallest absolute Gasteiger partial charge is 0.234 e. The summed E-state index contributed by atoms with van der Waals surface area (Å²) in [5, 5.41) is 3.17. The van der Waals surface area contributed by atoms with Crippen molar-refractivity contribution in [2.24, 2.45) is 0 Å². The van der Waals surface area contributed by atoms with Crippen LogP contribution in [0.1, 0.15) is 5.56 Å². The van der Waals surface area contributed by atoms with Crippen molar-refractivity contribution < 1.29 is 22.3 Å². The number of sulfone groups is 1. The van der Waals surface area contributed by atoms with Gasteiger partial charge >= 0.3 is 0 Å². The second-order valence-corrected chi connectivity index (χ2v) is 9.43. The number of aromatic nitrogens is 2. The minimum Gasteiger partial charge on any atom is -0.486 e. The van der Waals surface area contributed by atoms with Crippen LogP contribution in [-0.4, -0.2) is 31.6 Å². The summed E-state index contributed by atoms with van der Waals surface area (Å²) in [7, 11) is -4.07. The van der Waals surface area contributed by atoms with Crippen molar-refractivity contribution in [1.82, 2.24) is 9.97 Å². The third-order valence-corrected chi connectivity index (χ3v) is 6.94. The van der Waals surface area contributed by atoms with E-state index >= 15 is 0 Å². The zero-order valence-electron chi connectivity index (χ0n) is 17.2. The van der Waals surface area contributed by atoms with Gasteiger partial charge in [-0.2, -0.15) is 4.98 Å². The van der Waals surface area contributed by atoms with Crippen molar-refractivity contribution in [2.75, 3.05) is 18.5 Å². The Morgan fingerprint density at radius 2 is 1.82 bits per heavy atom. The molecule has 0 fully saturated rings. The monoisotopic (exact) mass is 483 g/mol. The molecule has 5 rings (SSSR count). The lowest BCUT2D eigenvalue weighted by Gasteiger charge is -2.18. The Hall–Kier alpha value is -3.56. The molecule has 3 heterocycles. The molecule has 1 aliphatic heterocycles. The molecule has 168 valence electrons. The number of nitrogens with zero attached hydrogens (tertiary/aromatic N) is 2. The van der Waals surface area contributed by atoms with Gasteiger partial charge in [0.05, 0.1) is 15.5 Å². The van der Waals surface area contributed by atoms with E-state index < -0.39 is 9.84 Å². The van der Waals surface area contributed by atoms with Crippen LogP contribution in [0.5, 0.6) is 11.5 Å². The largest absolute Gasteiger partial charge is 0.486 e. The van der Waals surface area contributed by atoms with Crippen molar-refractivity contribution in [3.63, 3.8) is 0 Å². The molecular weight excluding hydrogens is 466 g/mol. The molecule has 1 N–H and O–H groups in total. The number of hydrogen-bond acceptors (Lipinski definition) is 8. The van der Waals surface area contributed by atoms with Crippen molar-refractivity contribution in [3.8, 4) is 23.0 Å². The highest BCUT2D eigenvalue weighted by Crippen LogP contribution is 2.38. The van der Waals surface area contributed by atoms with E-state index in [0.717, 1.165) is 5.56 Å². The summed E-state index contributed by atoms with van der Waals surface area (Å²) in [5.74, 6) is 0.947. The number of fused-ring (bicyclic) bond motifs is 1. The molecule has 0 saturated carbocycles. The van der Waals surface area contributed by atoms with Crippen molar-refractivity contribution in [3.05, 3.63) is 77.6 Å².